The molecule has 1 aromatic heterocycles. The molecule has 0 saturated carbocycles. The average molecular weight is 442 g/mol. The number of rotatable bonds is 7. The lowest BCUT2D eigenvalue weighted by Gasteiger charge is -2.10. The van der Waals surface area contributed by atoms with Gasteiger partial charge in [0.2, 0.25) is 0 Å². The van der Waals surface area contributed by atoms with Gasteiger partial charge < -0.3 is 9.84 Å². The minimum absolute atomic E-state index is 0.0412. The van der Waals surface area contributed by atoms with Gasteiger partial charge in [0.25, 0.3) is 0 Å². The normalized spacial score (nSPS) is 10.8. The number of aromatic nitrogens is 1. The zero-order valence-corrected chi connectivity index (χ0v) is 17.0. The summed E-state index contributed by atoms with van der Waals surface area (Å²) in [6.45, 7) is 1.98. The Balaban J connectivity index is 1.89. The van der Waals surface area contributed by atoms with Crippen molar-refractivity contribution in [1.29, 1.82) is 0 Å². The van der Waals surface area contributed by atoms with Crippen LogP contribution in [0.2, 0.25) is 0 Å². The smallest absolute Gasteiger partial charge is 0.306 e. The van der Waals surface area contributed by atoms with Crippen molar-refractivity contribution in [2.75, 3.05) is 6.61 Å². The van der Waals surface area contributed by atoms with Gasteiger partial charge in [0, 0.05) is 11.8 Å². The second kappa shape index (κ2) is 8.97. The molecule has 0 radical (unpaired) electrons. The fourth-order valence-corrected chi connectivity index (χ4v) is 3.49. The Morgan fingerprint density at radius 3 is 2.54 bits per heavy atom. The highest BCUT2D eigenvalue weighted by molar-refractivity contribution is 9.10. The van der Waals surface area contributed by atoms with Gasteiger partial charge in [-0.15, -0.1) is 0 Å². The van der Waals surface area contributed by atoms with E-state index in [2.05, 4.69) is 33.0 Å². The summed E-state index contributed by atoms with van der Waals surface area (Å²) in [6, 6.07) is 15.8. The van der Waals surface area contributed by atoms with Gasteiger partial charge in [-0.25, -0.2) is 4.98 Å². The number of hydrogen-bond donors (Lipinski definition) is 1. The first-order valence-corrected chi connectivity index (χ1v) is 9.82. The monoisotopic (exact) mass is 441 g/mol. The second-order valence-electron chi connectivity index (χ2n) is 6.37. The lowest BCUT2D eigenvalue weighted by atomic mass is 10.0. The van der Waals surface area contributed by atoms with Gasteiger partial charge >= 0.3 is 5.97 Å². The number of halogens is 1. The van der Waals surface area contributed by atoms with E-state index in [4.69, 9.17) is 4.74 Å². The van der Waals surface area contributed by atoms with E-state index in [0.29, 0.717) is 9.99 Å². The number of ether oxygens (including phenoxy) is 1. The van der Waals surface area contributed by atoms with Crippen LogP contribution in [0.5, 0.6) is 5.75 Å². The Labute approximate surface area is 171 Å². The molecule has 3 rings (SSSR count). The summed E-state index contributed by atoms with van der Waals surface area (Å²) in [7, 11) is 0. The molecule has 0 aliphatic rings. The number of nitrogens with zero attached hydrogens (tertiary/aromatic N) is 1. The molecule has 0 aliphatic heterocycles. The molecule has 0 unspecified atom stereocenters. The number of pyridine rings is 1. The van der Waals surface area contributed by atoms with Crippen LogP contribution in [-0.2, 0) is 16.0 Å². The van der Waals surface area contributed by atoms with E-state index < -0.39 is 11.8 Å². The molecule has 0 fully saturated rings. The van der Waals surface area contributed by atoms with Crippen molar-refractivity contribution >= 4 is 38.6 Å². The fourth-order valence-electron chi connectivity index (χ4n) is 2.96. The van der Waals surface area contributed by atoms with Crippen molar-refractivity contribution in [1.82, 2.24) is 4.98 Å². The third kappa shape index (κ3) is 4.57. The fraction of sp³-hybridized carbons (Fsp3) is 0.227. The maximum atomic E-state index is 12.5. The van der Waals surface area contributed by atoms with Gasteiger partial charge in [0.15, 0.2) is 11.5 Å². The first kappa shape index (κ1) is 20.0. The molecule has 5 nitrogen and oxygen atoms in total. The quantitative estimate of drug-likeness (QED) is 0.420. The number of carbonyl (C=O) groups excluding carboxylic acids is 2. The highest BCUT2D eigenvalue weighted by Crippen LogP contribution is 2.35. The van der Waals surface area contributed by atoms with Gasteiger partial charge in [-0.05, 0) is 46.5 Å². The summed E-state index contributed by atoms with van der Waals surface area (Å²) >= 11 is 3.36. The van der Waals surface area contributed by atoms with E-state index in [1.807, 2.05) is 36.4 Å². The first-order chi connectivity index (χ1) is 13.5. The highest BCUT2D eigenvalue weighted by Gasteiger charge is 2.20. The molecule has 28 heavy (non-hydrogen) atoms. The van der Waals surface area contributed by atoms with Crippen molar-refractivity contribution in [3.8, 4) is 5.75 Å². The van der Waals surface area contributed by atoms with Gasteiger partial charge in [-0.1, -0.05) is 42.5 Å². The predicted molar refractivity (Wildman–Crippen MR) is 111 cm³/mol. The number of hydrogen-bond acceptors (Lipinski definition) is 5. The number of ketones is 1. The van der Waals surface area contributed by atoms with Crippen LogP contribution in [0.3, 0.4) is 0 Å². The molecule has 6 heteroatoms. The second-order valence-corrected chi connectivity index (χ2v) is 7.16. The summed E-state index contributed by atoms with van der Waals surface area (Å²) in [4.78, 5) is 28.4. The number of fused-ring (bicyclic) bond motifs is 1. The summed E-state index contributed by atoms with van der Waals surface area (Å²) in [5.74, 6) is -1.06. The molecule has 0 atom stereocenters. The Kier molecular flexibility index (Phi) is 6.41. The minimum Gasteiger partial charge on any atom is -0.504 e. The molecular weight excluding hydrogens is 422 g/mol. The molecule has 0 bridgehead atoms. The van der Waals surface area contributed by atoms with Gasteiger partial charge in [-0.2, -0.15) is 0 Å². The van der Waals surface area contributed by atoms with Crippen LogP contribution in [0.15, 0.2) is 53.0 Å². The van der Waals surface area contributed by atoms with E-state index in [1.165, 1.54) is 5.56 Å². The number of esters is 1. The Morgan fingerprint density at radius 1 is 1.07 bits per heavy atom. The lowest BCUT2D eigenvalue weighted by molar-refractivity contribution is -0.143. The van der Waals surface area contributed by atoms with Crippen LogP contribution in [0.4, 0.5) is 0 Å². The van der Waals surface area contributed by atoms with E-state index in [1.54, 1.807) is 6.92 Å². The Hall–Kier alpha value is -2.73. The predicted octanol–water partition coefficient (Wildman–Crippen LogP) is 4.82. The number of aromatic hydroxyl groups is 1. The maximum absolute atomic E-state index is 12.5. The molecule has 1 heterocycles. The van der Waals surface area contributed by atoms with E-state index in [0.717, 1.165) is 17.4 Å². The molecule has 3 aromatic rings. The van der Waals surface area contributed by atoms with E-state index >= 15 is 0 Å². The van der Waals surface area contributed by atoms with Crippen molar-refractivity contribution in [3.05, 3.63) is 69.8 Å². The van der Waals surface area contributed by atoms with Gasteiger partial charge in [-0.3, -0.25) is 9.59 Å². The van der Waals surface area contributed by atoms with Crippen molar-refractivity contribution in [3.63, 3.8) is 0 Å². The number of carbonyl (C=O) groups is 2. The summed E-state index contributed by atoms with van der Waals surface area (Å²) in [6.07, 6.45) is 0.627. The first-order valence-electron chi connectivity index (χ1n) is 9.03. The lowest BCUT2D eigenvalue weighted by Crippen LogP contribution is -2.09. The third-order valence-electron chi connectivity index (χ3n) is 4.34. The van der Waals surface area contributed by atoms with Crippen LogP contribution in [0.1, 0.15) is 41.4 Å². The maximum Gasteiger partial charge on any atom is 0.306 e. The topological polar surface area (TPSA) is 76.5 Å². The molecule has 2 aromatic carbocycles. The number of Topliss-reactive ketones (excluding diaryl/α,β-unsaturated/α-hetero) is 1. The molecule has 0 amide bonds. The van der Waals surface area contributed by atoms with Crippen molar-refractivity contribution < 1.29 is 19.4 Å². The van der Waals surface area contributed by atoms with Crippen LogP contribution in [0.25, 0.3) is 10.9 Å². The standard InChI is InChI=1S/C22H20BrNO4/c1-2-28-19(26)11-10-18(25)21-22(27)20(23)16-9-8-15(13-17(16)24-21)12-14-6-4-3-5-7-14/h3-9,13,27H,2,10-12H2,1H3. The average Bonchev–Trinajstić information content (AvgIpc) is 2.70. The zero-order valence-electron chi connectivity index (χ0n) is 15.4. The molecule has 0 spiro atoms. The zero-order chi connectivity index (χ0) is 20.1. The molecule has 0 saturated heterocycles. The van der Waals surface area contributed by atoms with E-state index in [9.17, 15) is 14.7 Å². The Bertz CT molecular complexity index is 1020. The largest absolute Gasteiger partial charge is 0.504 e. The molecular formula is C22H20BrNO4. The minimum atomic E-state index is -0.444. The van der Waals surface area contributed by atoms with Crippen LogP contribution in [-0.4, -0.2) is 28.4 Å². The van der Waals surface area contributed by atoms with Crippen LogP contribution in [0, 0.1) is 0 Å². The van der Waals surface area contributed by atoms with Crippen LogP contribution < -0.4 is 0 Å². The van der Waals surface area contributed by atoms with E-state index in [-0.39, 0.29) is 30.9 Å². The molecule has 1 N–H and O–H groups in total. The third-order valence-corrected chi connectivity index (χ3v) is 5.14. The Morgan fingerprint density at radius 2 is 1.82 bits per heavy atom. The van der Waals surface area contributed by atoms with Gasteiger partial charge in [0.05, 0.1) is 23.0 Å². The molecule has 0 aliphatic carbocycles. The summed E-state index contributed by atoms with van der Waals surface area (Å²) < 4.78 is 5.26. The summed E-state index contributed by atoms with van der Waals surface area (Å²) in [5.41, 5.74) is 2.79. The van der Waals surface area contributed by atoms with Crippen LogP contribution >= 0.6 is 15.9 Å². The van der Waals surface area contributed by atoms with Crippen molar-refractivity contribution in [2.45, 2.75) is 26.2 Å². The van der Waals surface area contributed by atoms with Gasteiger partial charge in [0.1, 0.15) is 5.69 Å². The highest BCUT2D eigenvalue weighted by atomic mass is 79.9. The SMILES string of the molecule is CCOC(=O)CCC(=O)c1nc2cc(Cc3ccccc3)ccc2c(Br)c1O. The summed E-state index contributed by atoms with van der Waals surface area (Å²) in [5, 5.41) is 11.1. The number of benzene rings is 2. The van der Waals surface area contributed by atoms with Crippen molar-refractivity contribution in [2.24, 2.45) is 0 Å². The molecule has 144 valence electrons.